The highest BCUT2D eigenvalue weighted by atomic mass is 79.9. The Bertz CT molecular complexity index is 462. The molecule has 2 aromatic rings. The van der Waals surface area contributed by atoms with Crippen LogP contribution in [0.5, 0.6) is 0 Å². The van der Waals surface area contributed by atoms with E-state index in [1.807, 2.05) is 23.1 Å². The lowest BCUT2D eigenvalue weighted by molar-refractivity contribution is 1.43. The molecule has 0 amide bonds. The van der Waals surface area contributed by atoms with E-state index in [2.05, 4.69) is 56.3 Å². The first kappa shape index (κ1) is 11.0. The van der Waals surface area contributed by atoms with Gasteiger partial charge in [0, 0.05) is 14.5 Å². The van der Waals surface area contributed by atoms with E-state index in [9.17, 15) is 0 Å². The highest BCUT2D eigenvalue weighted by Gasteiger charge is 2.09. The lowest BCUT2D eigenvalue weighted by Crippen LogP contribution is -1.75. The molecule has 14 heavy (non-hydrogen) atoms. The molecule has 0 aliphatic carbocycles. The van der Waals surface area contributed by atoms with Gasteiger partial charge >= 0.3 is 0 Å². The van der Waals surface area contributed by atoms with E-state index in [0.29, 0.717) is 0 Å². The largest absolute Gasteiger partial charge is 0.128 e. The predicted octanol–water partition coefficient (Wildman–Crippen LogP) is 5.28. The smallest absolute Gasteiger partial charge is 0.0649 e. The Kier molecular flexibility index (Phi) is 3.58. The van der Waals surface area contributed by atoms with Crippen molar-refractivity contribution in [1.29, 1.82) is 0 Å². The predicted molar refractivity (Wildman–Crippen MR) is 73.9 cm³/mol. The molecule has 0 saturated heterocycles. The normalized spacial score (nSPS) is 11.1. The van der Waals surface area contributed by atoms with E-state index < -0.39 is 0 Å². The summed E-state index contributed by atoms with van der Waals surface area (Å²) in [5.41, 5.74) is 1.42. The summed E-state index contributed by atoms with van der Waals surface area (Å²) in [6.45, 7) is 0. The Balaban J connectivity index is 2.73. The summed E-state index contributed by atoms with van der Waals surface area (Å²) in [4.78, 5) is 0. The van der Waals surface area contributed by atoms with Crippen LogP contribution < -0.4 is 0 Å². The Morgan fingerprint density at radius 2 is 2.21 bits per heavy atom. The third-order valence-electron chi connectivity index (χ3n) is 2.04. The Morgan fingerprint density at radius 3 is 2.86 bits per heavy atom. The summed E-state index contributed by atoms with van der Waals surface area (Å²) in [7, 11) is 0. The molecule has 0 unspecified atom stereocenters. The third kappa shape index (κ3) is 1.90. The zero-order chi connectivity index (χ0) is 10.1. The molecule has 1 heterocycles. The summed E-state index contributed by atoms with van der Waals surface area (Å²) in [5.74, 6) is 0. The second-order valence-corrected chi connectivity index (χ2v) is 6.45. The van der Waals surface area contributed by atoms with E-state index >= 15 is 0 Å². The first-order valence-corrected chi connectivity index (χ1v) is 8.02. The Morgan fingerprint density at radius 1 is 1.43 bits per heavy atom. The molecule has 4 heteroatoms. The van der Waals surface area contributed by atoms with Crippen molar-refractivity contribution in [3.8, 4) is 0 Å². The van der Waals surface area contributed by atoms with Crippen LogP contribution in [0.25, 0.3) is 10.1 Å². The molecule has 0 saturated carbocycles. The molecule has 1 aromatic heterocycles. The van der Waals surface area contributed by atoms with Gasteiger partial charge in [0.05, 0.1) is 4.21 Å². The maximum absolute atomic E-state index is 3.55. The van der Waals surface area contributed by atoms with Gasteiger partial charge in [-0.25, -0.2) is 0 Å². The average molecular weight is 352 g/mol. The number of alkyl halides is 1. The molecule has 0 fully saturated rings. The number of fused-ring (bicyclic) bond motifs is 1. The standard InChI is InChI=1S/C10H8Br2S2/c1-13-10-8(5-11)7-3-2-6(12)4-9(7)14-10/h2-4H,5H2,1H3. The lowest BCUT2D eigenvalue weighted by atomic mass is 10.2. The van der Waals surface area contributed by atoms with Crippen molar-refractivity contribution in [3.63, 3.8) is 0 Å². The quantitative estimate of drug-likeness (QED) is 0.523. The van der Waals surface area contributed by atoms with E-state index in [4.69, 9.17) is 0 Å². The van der Waals surface area contributed by atoms with Gasteiger partial charge in [-0.15, -0.1) is 23.1 Å². The second kappa shape index (κ2) is 4.56. The van der Waals surface area contributed by atoms with E-state index in [1.165, 1.54) is 19.9 Å². The molecule has 0 spiro atoms. The second-order valence-electron chi connectivity index (χ2n) is 2.85. The Hall–Kier alpha value is 0.490. The van der Waals surface area contributed by atoms with Gasteiger partial charge in [-0.3, -0.25) is 0 Å². The molecule has 0 nitrogen and oxygen atoms in total. The van der Waals surface area contributed by atoms with Crippen LogP contribution in [0, 0.1) is 0 Å². The van der Waals surface area contributed by atoms with Gasteiger partial charge in [-0.2, -0.15) is 0 Å². The molecular weight excluding hydrogens is 344 g/mol. The SMILES string of the molecule is CSc1sc2cc(Br)ccc2c1CBr. The summed E-state index contributed by atoms with van der Waals surface area (Å²) < 4.78 is 3.92. The molecule has 0 atom stereocenters. The van der Waals surface area contributed by atoms with Crippen LogP contribution >= 0.6 is 55.0 Å². The van der Waals surface area contributed by atoms with Gasteiger partial charge in [-0.05, 0) is 29.3 Å². The maximum Gasteiger partial charge on any atom is 0.0649 e. The maximum atomic E-state index is 3.55. The van der Waals surface area contributed by atoms with Crippen LogP contribution in [0.1, 0.15) is 5.56 Å². The zero-order valence-electron chi connectivity index (χ0n) is 7.51. The van der Waals surface area contributed by atoms with E-state index in [0.717, 1.165) is 9.80 Å². The van der Waals surface area contributed by atoms with E-state index in [-0.39, 0.29) is 0 Å². The van der Waals surface area contributed by atoms with Gasteiger partial charge in [-0.1, -0.05) is 37.9 Å². The minimum atomic E-state index is 0.935. The fraction of sp³-hybridized carbons (Fsp3) is 0.200. The number of hydrogen-bond acceptors (Lipinski definition) is 2. The van der Waals surface area contributed by atoms with Crippen LogP contribution in [-0.2, 0) is 5.33 Å². The number of thioether (sulfide) groups is 1. The number of halogens is 2. The van der Waals surface area contributed by atoms with Crippen LogP contribution in [0.15, 0.2) is 26.9 Å². The van der Waals surface area contributed by atoms with Gasteiger partial charge in [0.15, 0.2) is 0 Å². The number of benzene rings is 1. The molecule has 0 N–H and O–H groups in total. The molecule has 0 bridgehead atoms. The van der Waals surface area contributed by atoms with Gasteiger partial charge in [0.2, 0.25) is 0 Å². The first-order valence-electron chi connectivity index (χ1n) is 4.07. The van der Waals surface area contributed by atoms with Crippen LogP contribution in [0.3, 0.4) is 0 Å². The first-order chi connectivity index (χ1) is 6.76. The molecule has 0 aliphatic rings. The summed E-state index contributed by atoms with van der Waals surface area (Å²) >= 11 is 10.7. The van der Waals surface area contributed by atoms with Gasteiger partial charge in [0.1, 0.15) is 0 Å². The van der Waals surface area contributed by atoms with Gasteiger partial charge < -0.3 is 0 Å². The van der Waals surface area contributed by atoms with Crippen molar-refractivity contribution in [2.75, 3.05) is 6.26 Å². The molecule has 0 radical (unpaired) electrons. The van der Waals surface area contributed by atoms with Crippen LogP contribution in [-0.4, -0.2) is 6.26 Å². The monoisotopic (exact) mass is 350 g/mol. The van der Waals surface area contributed by atoms with Crippen molar-refractivity contribution in [2.24, 2.45) is 0 Å². The lowest BCUT2D eigenvalue weighted by Gasteiger charge is -1.96. The minimum Gasteiger partial charge on any atom is -0.128 e. The minimum absolute atomic E-state index is 0.935. The number of rotatable bonds is 2. The summed E-state index contributed by atoms with van der Waals surface area (Å²) in [6.07, 6.45) is 2.13. The van der Waals surface area contributed by atoms with Crippen molar-refractivity contribution >= 4 is 65.0 Å². The fourth-order valence-electron chi connectivity index (χ4n) is 1.39. The topological polar surface area (TPSA) is 0 Å². The highest BCUT2D eigenvalue weighted by molar-refractivity contribution is 9.10. The highest BCUT2D eigenvalue weighted by Crippen LogP contribution is 2.39. The van der Waals surface area contributed by atoms with Crippen LogP contribution in [0.4, 0.5) is 0 Å². The molecular formula is C10H8Br2S2. The van der Waals surface area contributed by atoms with Gasteiger partial charge in [0.25, 0.3) is 0 Å². The average Bonchev–Trinajstić information content (AvgIpc) is 2.54. The van der Waals surface area contributed by atoms with Crippen molar-refractivity contribution in [3.05, 3.63) is 28.2 Å². The molecule has 0 aliphatic heterocycles. The summed E-state index contributed by atoms with van der Waals surface area (Å²) in [6, 6.07) is 6.48. The molecule has 2 rings (SSSR count). The van der Waals surface area contributed by atoms with Crippen molar-refractivity contribution < 1.29 is 0 Å². The zero-order valence-corrected chi connectivity index (χ0v) is 12.3. The Labute approximate surface area is 108 Å². The number of thiophene rings is 1. The van der Waals surface area contributed by atoms with Crippen molar-refractivity contribution in [1.82, 2.24) is 0 Å². The fourth-order valence-corrected chi connectivity index (χ4v) is 4.88. The molecule has 74 valence electrons. The summed E-state index contributed by atoms with van der Waals surface area (Å²) in [5, 5.41) is 2.31. The number of hydrogen-bond donors (Lipinski definition) is 0. The molecule has 1 aromatic carbocycles. The van der Waals surface area contributed by atoms with E-state index in [1.54, 1.807) is 0 Å². The van der Waals surface area contributed by atoms with Crippen LogP contribution in [0.2, 0.25) is 0 Å². The van der Waals surface area contributed by atoms with Crippen molar-refractivity contribution in [2.45, 2.75) is 9.54 Å². The third-order valence-corrected chi connectivity index (χ3v) is 5.45.